The van der Waals surface area contributed by atoms with Crippen LogP contribution in [0.15, 0.2) is 53.9 Å². The van der Waals surface area contributed by atoms with Gasteiger partial charge in [-0.15, -0.1) is 11.3 Å². The van der Waals surface area contributed by atoms with Gasteiger partial charge in [0.2, 0.25) is 0 Å². The van der Waals surface area contributed by atoms with Crippen LogP contribution in [0.25, 0.3) is 6.08 Å². The molecule has 0 spiro atoms. The zero-order valence-electron chi connectivity index (χ0n) is 14.5. The number of hydrogen-bond acceptors (Lipinski definition) is 4. The van der Waals surface area contributed by atoms with E-state index in [-0.39, 0.29) is 11.9 Å². The highest BCUT2D eigenvalue weighted by molar-refractivity contribution is 7.10. The van der Waals surface area contributed by atoms with Crippen LogP contribution < -0.4 is 5.32 Å². The van der Waals surface area contributed by atoms with E-state index in [1.807, 2.05) is 47.8 Å². The maximum Gasteiger partial charge on any atom is 0.331 e. The third kappa shape index (κ3) is 6.19. The second kappa shape index (κ2) is 9.79. The molecule has 1 aromatic heterocycles. The lowest BCUT2D eigenvalue weighted by Gasteiger charge is -2.21. The number of nitrogens with one attached hydrogen (secondary N) is 1. The van der Waals surface area contributed by atoms with Crippen molar-refractivity contribution in [1.82, 2.24) is 5.32 Å². The van der Waals surface area contributed by atoms with Crippen LogP contribution in [-0.4, -0.2) is 18.0 Å². The van der Waals surface area contributed by atoms with Gasteiger partial charge in [0.1, 0.15) is 0 Å². The fourth-order valence-electron chi connectivity index (χ4n) is 2.39. The van der Waals surface area contributed by atoms with Gasteiger partial charge in [-0.3, -0.25) is 4.79 Å². The van der Waals surface area contributed by atoms with E-state index < -0.39 is 12.1 Å². The van der Waals surface area contributed by atoms with E-state index in [2.05, 4.69) is 12.2 Å². The summed E-state index contributed by atoms with van der Waals surface area (Å²) >= 11 is 1.53. The molecule has 1 aromatic carbocycles. The average molecular weight is 357 g/mol. The predicted octanol–water partition coefficient (Wildman–Crippen LogP) is 4.35. The molecule has 1 heterocycles. The van der Waals surface area contributed by atoms with Crippen molar-refractivity contribution in [2.45, 2.75) is 38.8 Å². The molecule has 0 saturated carbocycles. The van der Waals surface area contributed by atoms with Gasteiger partial charge in [0, 0.05) is 11.0 Å². The van der Waals surface area contributed by atoms with E-state index in [0.717, 1.165) is 23.3 Å². The molecule has 2 rings (SSSR count). The molecule has 0 bridgehead atoms. The SMILES string of the molecule is CCCC(NC(=O)C(C)OC(=O)/C=C/c1cccs1)c1ccccc1. The first-order valence-corrected chi connectivity index (χ1v) is 9.25. The van der Waals surface area contributed by atoms with Gasteiger partial charge in [-0.05, 0) is 36.4 Å². The number of hydrogen-bond donors (Lipinski definition) is 1. The van der Waals surface area contributed by atoms with Crippen LogP contribution in [-0.2, 0) is 14.3 Å². The predicted molar refractivity (Wildman–Crippen MR) is 101 cm³/mol. The molecule has 0 aliphatic heterocycles. The molecule has 2 aromatic rings. The minimum Gasteiger partial charge on any atom is -0.449 e. The summed E-state index contributed by atoms with van der Waals surface area (Å²) in [6.07, 6.45) is 3.95. The summed E-state index contributed by atoms with van der Waals surface area (Å²) in [6.45, 7) is 3.65. The van der Waals surface area contributed by atoms with E-state index >= 15 is 0 Å². The second-order valence-corrected chi connectivity index (χ2v) is 6.67. The summed E-state index contributed by atoms with van der Waals surface area (Å²) in [7, 11) is 0. The standard InChI is InChI=1S/C20H23NO3S/c1-3-8-18(16-9-5-4-6-10-16)21-20(23)15(2)24-19(22)13-12-17-11-7-14-25-17/h4-7,9-15,18H,3,8H2,1-2H3,(H,21,23)/b13-12+. The summed E-state index contributed by atoms with van der Waals surface area (Å²) in [4.78, 5) is 25.2. The fourth-order valence-corrected chi connectivity index (χ4v) is 3.01. The summed E-state index contributed by atoms with van der Waals surface area (Å²) in [6, 6.07) is 13.5. The quantitative estimate of drug-likeness (QED) is 0.564. The molecule has 5 heteroatoms. The van der Waals surface area contributed by atoms with Crippen molar-refractivity contribution in [3.05, 3.63) is 64.4 Å². The molecule has 2 unspecified atom stereocenters. The minimum absolute atomic E-state index is 0.0819. The number of carbonyl (C=O) groups excluding carboxylic acids is 2. The van der Waals surface area contributed by atoms with Crippen LogP contribution in [0, 0.1) is 0 Å². The molecule has 0 radical (unpaired) electrons. The van der Waals surface area contributed by atoms with Gasteiger partial charge in [-0.25, -0.2) is 4.79 Å². The van der Waals surface area contributed by atoms with Crippen LogP contribution in [0.4, 0.5) is 0 Å². The van der Waals surface area contributed by atoms with E-state index in [0.29, 0.717) is 0 Å². The molecule has 4 nitrogen and oxygen atoms in total. The van der Waals surface area contributed by atoms with E-state index in [4.69, 9.17) is 4.74 Å². The first-order valence-electron chi connectivity index (χ1n) is 8.37. The van der Waals surface area contributed by atoms with Crippen LogP contribution in [0.2, 0.25) is 0 Å². The average Bonchev–Trinajstić information content (AvgIpc) is 3.14. The van der Waals surface area contributed by atoms with Crippen LogP contribution in [0.5, 0.6) is 0 Å². The van der Waals surface area contributed by atoms with Gasteiger partial charge in [0.25, 0.3) is 5.91 Å². The van der Waals surface area contributed by atoms with Gasteiger partial charge < -0.3 is 10.1 Å². The van der Waals surface area contributed by atoms with E-state index in [9.17, 15) is 9.59 Å². The third-order valence-electron chi connectivity index (χ3n) is 3.68. The Bertz CT molecular complexity index is 695. The van der Waals surface area contributed by atoms with Gasteiger partial charge in [-0.2, -0.15) is 0 Å². The Morgan fingerprint density at radius 3 is 2.60 bits per heavy atom. The van der Waals surface area contributed by atoms with Crippen molar-refractivity contribution in [3.63, 3.8) is 0 Å². The Kier molecular flexibility index (Phi) is 7.41. The van der Waals surface area contributed by atoms with Crippen molar-refractivity contribution in [2.24, 2.45) is 0 Å². The maximum atomic E-state index is 12.4. The topological polar surface area (TPSA) is 55.4 Å². The van der Waals surface area contributed by atoms with Gasteiger partial charge >= 0.3 is 5.97 Å². The highest BCUT2D eigenvalue weighted by atomic mass is 32.1. The Balaban J connectivity index is 1.90. The lowest BCUT2D eigenvalue weighted by molar-refractivity contribution is -0.150. The number of thiophene rings is 1. The number of benzene rings is 1. The molecular weight excluding hydrogens is 334 g/mol. The number of amides is 1. The zero-order valence-corrected chi connectivity index (χ0v) is 15.3. The van der Waals surface area contributed by atoms with E-state index in [1.54, 1.807) is 13.0 Å². The van der Waals surface area contributed by atoms with E-state index in [1.165, 1.54) is 17.4 Å². The molecule has 0 fully saturated rings. The van der Waals surface area contributed by atoms with Crippen molar-refractivity contribution >= 4 is 29.3 Å². The molecular formula is C20H23NO3S. The molecule has 1 N–H and O–H groups in total. The van der Waals surface area contributed by atoms with Crippen LogP contribution in [0.1, 0.15) is 43.2 Å². The summed E-state index contributed by atoms with van der Waals surface area (Å²) in [5.41, 5.74) is 1.05. The minimum atomic E-state index is -0.844. The monoisotopic (exact) mass is 357 g/mol. The summed E-state index contributed by atoms with van der Waals surface area (Å²) in [5.74, 6) is -0.817. The molecule has 0 saturated heterocycles. The van der Waals surface area contributed by atoms with Crippen LogP contribution >= 0.6 is 11.3 Å². The molecule has 0 aliphatic rings. The summed E-state index contributed by atoms with van der Waals surface area (Å²) in [5, 5.41) is 4.90. The number of carbonyl (C=O) groups is 2. The Labute approximate surface area is 152 Å². The molecule has 0 aliphatic carbocycles. The number of rotatable bonds is 8. The largest absolute Gasteiger partial charge is 0.449 e. The smallest absolute Gasteiger partial charge is 0.331 e. The van der Waals surface area contributed by atoms with Crippen molar-refractivity contribution < 1.29 is 14.3 Å². The van der Waals surface area contributed by atoms with Crippen molar-refractivity contribution in [1.29, 1.82) is 0 Å². The lowest BCUT2D eigenvalue weighted by atomic mass is 10.0. The normalized spacial score (nSPS) is 13.4. The highest BCUT2D eigenvalue weighted by Crippen LogP contribution is 2.18. The number of esters is 1. The molecule has 2 atom stereocenters. The van der Waals surface area contributed by atoms with Gasteiger partial charge in [-0.1, -0.05) is 49.7 Å². The molecule has 1 amide bonds. The zero-order chi connectivity index (χ0) is 18.1. The molecule has 132 valence electrons. The third-order valence-corrected chi connectivity index (χ3v) is 4.52. The lowest BCUT2D eigenvalue weighted by Crippen LogP contribution is -2.38. The van der Waals surface area contributed by atoms with Crippen molar-refractivity contribution in [2.75, 3.05) is 0 Å². The second-order valence-electron chi connectivity index (χ2n) is 5.69. The Hall–Kier alpha value is -2.40. The fraction of sp³-hybridized carbons (Fsp3) is 0.300. The Morgan fingerprint density at radius 2 is 1.96 bits per heavy atom. The molecule has 25 heavy (non-hydrogen) atoms. The maximum absolute atomic E-state index is 12.4. The highest BCUT2D eigenvalue weighted by Gasteiger charge is 2.20. The Morgan fingerprint density at radius 1 is 1.20 bits per heavy atom. The summed E-state index contributed by atoms with van der Waals surface area (Å²) < 4.78 is 5.19. The first kappa shape index (κ1) is 18.9. The van der Waals surface area contributed by atoms with Gasteiger partial charge in [0.15, 0.2) is 6.10 Å². The van der Waals surface area contributed by atoms with Crippen molar-refractivity contribution in [3.8, 4) is 0 Å². The number of ether oxygens (including phenoxy) is 1. The first-order chi connectivity index (χ1) is 12.1. The van der Waals surface area contributed by atoms with Gasteiger partial charge in [0.05, 0.1) is 6.04 Å². The van der Waals surface area contributed by atoms with Crippen LogP contribution in [0.3, 0.4) is 0 Å².